The van der Waals surface area contributed by atoms with E-state index in [1.54, 1.807) is 0 Å². The van der Waals surface area contributed by atoms with Crippen molar-refractivity contribution >= 4 is 5.96 Å². The predicted octanol–water partition coefficient (Wildman–Crippen LogP) is 0.0232. The van der Waals surface area contributed by atoms with Crippen molar-refractivity contribution in [1.29, 1.82) is 0 Å². The normalized spacial score (nSPS) is 14.3. The topological polar surface area (TPSA) is 18.7 Å². The minimum absolute atomic E-state index is 0. The third-order valence-electron chi connectivity index (χ3n) is 4.53. The SMILES string of the molecule is CCCCCCCCN(C)C(N(CC)CC)=[N+]1CCOCC1.[I-]. The maximum Gasteiger partial charge on any atom is 0.350 e. The Labute approximate surface area is 161 Å². The number of unbranched alkanes of at least 4 members (excludes halogenated alkanes) is 5. The standard InChI is InChI=1S/C18H38N3O.HI/c1-5-8-9-10-11-12-13-19(4)18(20(6-2)7-3)21-14-16-22-17-15-21;/h5-17H2,1-4H3;1H/q+1;/p-1. The fraction of sp³-hybridized carbons (Fsp3) is 0.944. The Bertz CT molecular complexity index is 311. The number of rotatable bonds is 9. The van der Waals surface area contributed by atoms with E-state index in [2.05, 4.69) is 42.2 Å². The molecule has 0 spiro atoms. The van der Waals surface area contributed by atoms with E-state index in [0.29, 0.717) is 0 Å². The lowest BCUT2D eigenvalue weighted by atomic mass is 10.1. The van der Waals surface area contributed by atoms with Gasteiger partial charge < -0.3 is 28.7 Å². The number of halogens is 1. The molecule has 1 rings (SSSR count). The number of morpholine rings is 1. The molecule has 0 aromatic heterocycles. The monoisotopic (exact) mass is 439 g/mol. The zero-order valence-corrected chi connectivity index (χ0v) is 18.0. The summed E-state index contributed by atoms with van der Waals surface area (Å²) in [6.07, 6.45) is 8.17. The van der Waals surface area contributed by atoms with Gasteiger partial charge in [0.2, 0.25) is 0 Å². The molecule has 1 heterocycles. The molecule has 0 radical (unpaired) electrons. The van der Waals surface area contributed by atoms with E-state index in [-0.39, 0.29) is 24.0 Å². The van der Waals surface area contributed by atoms with Gasteiger partial charge in [0.05, 0.1) is 53.0 Å². The Morgan fingerprint density at radius 3 is 2.04 bits per heavy atom. The van der Waals surface area contributed by atoms with Crippen molar-refractivity contribution in [3.8, 4) is 0 Å². The lowest BCUT2D eigenvalue weighted by Crippen LogP contribution is -3.00. The van der Waals surface area contributed by atoms with E-state index in [1.807, 2.05) is 0 Å². The molecule has 0 aromatic carbocycles. The second kappa shape index (κ2) is 14.3. The summed E-state index contributed by atoms with van der Waals surface area (Å²) >= 11 is 0. The minimum Gasteiger partial charge on any atom is -1.00 e. The average molecular weight is 439 g/mol. The molecule has 5 heteroatoms. The van der Waals surface area contributed by atoms with Crippen LogP contribution < -0.4 is 24.0 Å². The third kappa shape index (κ3) is 8.57. The molecule has 1 saturated heterocycles. The van der Waals surface area contributed by atoms with Gasteiger partial charge in [0, 0.05) is 0 Å². The zero-order valence-electron chi connectivity index (χ0n) is 15.8. The number of hydrogen-bond acceptors (Lipinski definition) is 1. The Kier molecular flexibility index (Phi) is 14.3. The van der Waals surface area contributed by atoms with Gasteiger partial charge in [0.1, 0.15) is 0 Å². The summed E-state index contributed by atoms with van der Waals surface area (Å²) in [5.41, 5.74) is 0. The van der Waals surface area contributed by atoms with Crippen LogP contribution in [0.25, 0.3) is 0 Å². The van der Waals surface area contributed by atoms with Crippen LogP contribution >= 0.6 is 0 Å². The van der Waals surface area contributed by atoms with Crippen LogP contribution in [0.4, 0.5) is 0 Å². The average Bonchev–Trinajstić information content (AvgIpc) is 2.56. The predicted molar refractivity (Wildman–Crippen MR) is 94.7 cm³/mol. The van der Waals surface area contributed by atoms with Crippen LogP contribution in [0.5, 0.6) is 0 Å². The van der Waals surface area contributed by atoms with E-state index < -0.39 is 0 Å². The largest absolute Gasteiger partial charge is 1.00 e. The summed E-state index contributed by atoms with van der Waals surface area (Å²) in [5.74, 6) is 1.40. The number of hydrogen-bond donors (Lipinski definition) is 0. The summed E-state index contributed by atoms with van der Waals surface area (Å²) in [6.45, 7) is 13.8. The van der Waals surface area contributed by atoms with Crippen LogP contribution in [0, 0.1) is 0 Å². The van der Waals surface area contributed by atoms with Crippen LogP contribution in [-0.2, 0) is 4.74 Å². The molecule has 0 N–H and O–H groups in total. The Hall–Kier alpha value is -0.0400. The highest BCUT2D eigenvalue weighted by Gasteiger charge is 2.25. The van der Waals surface area contributed by atoms with E-state index in [1.165, 1.54) is 44.5 Å². The van der Waals surface area contributed by atoms with Crippen molar-refractivity contribution in [1.82, 2.24) is 9.80 Å². The number of ether oxygens (including phenoxy) is 1. The van der Waals surface area contributed by atoms with Gasteiger partial charge in [-0.25, -0.2) is 0 Å². The molecule has 138 valence electrons. The minimum atomic E-state index is 0. The van der Waals surface area contributed by atoms with Gasteiger partial charge in [-0.3, -0.25) is 14.4 Å². The summed E-state index contributed by atoms with van der Waals surface area (Å²) in [5, 5.41) is 0. The van der Waals surface area contributed by atoms with Crippen LogP contribution in [0.1, 0.15) is 59.3 Å². The Morgan fingerprint density at radius 2 is 1.48 bits per heavy atom. The molecule has 0 saturated carbocycles. The van der Waals surface area contributed by atoms with Crippen molar-refractivity contribution in [2.75, 3.05) is 53.0 Å². The molecule has 1 aliphatic rings. The molecule has 0 atom stereocenters. The first-order valence-electron chi connectivity index (χ1n) is 9.40. The highest BCUT2D eigenvalue weighted by atomic mass is 127. The lowest BCUT2D eigenvalue weighted by Gasteiger charge is -2.29. The van der Waals surface area contributed by atoms with Crippen molar-refractivity contribution < 1.29 is 33.3 Å². The van der Waals surface area contributed by atoms with Gasteiger partial charge in [-0.15, -0.1) is 0 Å². The molecule has 1 fully saturated rings. The fourth-order valence-corrected chi connectivity index (χ4v) is 3.18. The van der Waals surface area contributed by atoms with E-state index in [0.717, 1.165) is 45.9 Å². The highest BCUT2D eigenvalue weighted by Crippen LogP contribution is 2.07. The second-order valence-corrected chi connectivity index (χ2v) is 6.26. The van der Waals surface area contributed by atoms with Crippen molar-refractivity contribution in [2.45, 2.75) is 59.3 Å². The summed E-state index contributed by atoms with van der Waals surface area (Å²) in [4.78, 5) is 4.96. The van der Waals surface area contributed by atoms with Crippen molar-refractivity contribution in [3.63, 3.8) is 0 Å². The molecule has 0 aliphatic carbocycles. The number of nitrogens with zero attached hydrogens (tertiary/aromatic N) is 3. The van der Waals surface area contributed by atoms with E-state index >= 15 is 0 Å². The third-order valence-corrected chi connectivity index (χ3v) is 4.53. The lowest BCUT2D eigenvalue weighted by molar-refractivity contribution is -0.558. The van der Waals surface area contributed by atoms with Gasteiger partial charge in [0.15, 0.2) is 0 Å². The van der Waals surface area contributed by atoms with Crippen LogP contribution in [-0.4, -0.2) is 73.3 Å². The van der Waals surface area contributed by atoms with Gasteiger partial charge in [-0.1, -0.05) is 39.0 Å². The first kappa shape index (κ1) is 23.0. The van der Waals surface area contributed by atoms with Gasteiger partial charge >= 0.3 is 5.96 Å². The van der Waals surface area contributed by atoms with Gasteiger partial charge in [-0.2, -0.15) is 0 Å². The maximum atomic E-state index is 5.52. The zero-order chi connectivity index (χ0) is 16.2. The second-order valence-electron chi connectivity index (χ2n) is 6.26. The van der Waals surface area contributed by atoms with Crippen molar-refractivity contribution in [2.24, 2.45) is 0 Å². The first-order valence-corrected chi connectivity index (χ1v) is 9.40. The fourth-order valence-electron chi connectivity index (χ4n) is 3.18. The van der Waals surface area contributed by atoms with E-state index in [9.17, 15) is 0 Å². The van der Waals surface area contributed by atoms with Gasteiger partial charge in [-0.05, 0) is 20.3 Å². The quantitative estimate of drug-likeness (QED) is 0.219. The van der Waals surface area contributed by atoms with E-state index in [4.69, 9.17) is 4.74 Å². The smallest absolute Gasteiger partial charge is 0.350 e. The molecule has 4 nitrogen and oxygen atoms in total. The highest BCUT2D eigenvalue weighted by molar-refractivity contribution is 5.75. The molecule has 0 amide bonds. The summed E-state index contributed by atoms with van der Waals surface area (Å²) in [6, 6.07) is 0. The molecule has 1 aliphatic heterocycles. The van der Waals surface area contributed by atoms with Crippen molar-refractivity contribution in [3.05, 3.63) is 0 Å². The molecule has 0 unspecified atom stereocenters. The van der Waals surface area contributed by atoms with Crippen LogP contribution in [0.15, 0.2) is 0 Å². The Morgan fingerprint density at radius 1 is 0.913 bits per heavy atom. The number of guanidine groups is 1. The van der Waals surface area contributed by atoms with Gasteiger partial charge in [0.25, 0.3) is 0 Å². The maximum absolute atomic E-state index is 5.52. The molecule has 0 aromatic rings. The molecule has 0 bridgehead atoms. The Balaban J connectivity index is 0.00000484. The van der Waals surface area contributed by atoms with Crippen LogP contribution in [0.2, 0.25) is 0 Å². The molecular weight excluding hydrogens is 401 g/mol. The molecular formula is C18H38IN3O. The first-order chi connectivity index (χ1) is 10.7. The van der Waals surface area contributed by atoms with Crippen LogP contribution in [0.3, 0.4) is 0 Å². The molecule has 23 heavy (non-hydrogen) atoms. The summed E-state index contributed by atoms with van der Waals surface area (Å²) < 4.78 is 8.03. The summed E-state index contributed by atoms with van der Waals surface area (Å²) in [7, 11) is 2.26.